The van der Waals surface area contributed by atoms with Gasteiger partial charge in [0.2, 0.25) is 0 Å². The number of thiophene rings is 1. The van der Waals surface area contributed by atoms with Gasteiger partial charge in [-0.1, -0.05) is 11.6 Å². The molecule has 0 aliphatic rings. The molecular weight excluding hydrogens is 310 g/mol. The fourth-order valence-electron chi connectivity index (χ4n) is 2.13. The van der Waals surface area contributed by atoms with Crippen LogP contribution in [0.1, 0.15) is 16.5 Å². The van der Waals surface area contributed by atoms with Crippen molar-refractivity contribution in [3.63, 3.8) is 0 Å². The zero-order chi connectivity index (χ0) is 15.4. The number of rotatable bonds is 6. The molecule has 0 aliphatic heterocycles. The van der Waals surface area contributed by atoms with Gasteiger partial charge in [0.1, 0.15) is 5.75 Å². The van der Waals surface area contributed by atoms with E-state index in [0.717, 1.165) is 16.2 Å². The fourth-order valence-corrected chi connectivity index (χ4v) is 3.38. The van der Waals surface area contributed by atoms with Gasteiger partial charge in [-0.3, -0.25) is 0 Å². The number of ether oxygens (including phenoxy) is 3. The van der Waals surface area contributed by atoms with Crippen molar-refractivity contribution in [1.82, 2.24) is 5.32 Å². The predicted molar refractivity (Wildman–Crippen MR) is 86.3 cm³/mol. The first-order valence-electron chi connectivity index (χ1n) is 6.35. The quantitative estimate of drug-likeness (QED) is 0.877. The first kappa shape index (κ1) is 15.9. The molecule has 21 heavy (non-hydrogen) atoms. The number of halogens is 1. The Morgan fingerprint density at radius 1 is 1.05 bits per heavy atom. The molecule has 1 unspecified atom stereocenters. The molecule has 0 amide bonds. The molecule has 0 bridgehead atoms. The summed E-state index contributed by atoms with van der Waals surface area (Å²) in [5, 5.41) is 5.87. The minimum absolute atomic E-state index is 0.0359. The summed E-state index contributed by atoms with van der Waals surface area (Å²) in [6.45, 7) is 0. The fraction of sp³-hybridized carbons (Fsp3) is 0.333. The second-order valence-corrected chi connectivity index (χ2v) is 5.69. The Bertz CT molecular complexity index is 615. The van der Waals surface area contributed by atoms with Crippen LogP contribution in [-0.2, 0) is 0 Å². The van der Waals surface area contributed by atoms with E-state index in [1.807, 2.05) is 24.6 Å². The van der Waals surface area contributed by atoms with E-state index in [1.165, 1.54) is 0 Å². The Morgan fingerprint density at radius 3 is 2.24 bits per heavy atom. The Balaban J connectivity index is 2.46. The average Bonchev–Trinajstić information content (AvgIpc) is 2.98. The first-order valence-corrected chi connectivity index (χ1v) is 7.61. The SMILES string of the molecule is CNC(c1cc(OC)cs1)c1cc(OC)c(OC)cc1Cl. The van der Waals surface area contributed by atoms with Crippen molar-refractivity contribution >= 4 is 22.9 Å². The van der Waals surface area contributed by atoms with Crippen LogP contribution in [0.5, 0.6) is 17.2 Å². The van der Waals surface area contributed by atoms with E-state index in [2.05, 4.69) is 5.32 Å². The van der Waals surface area contributed by atoms with Gasteiger partial charge < -0.3 is 19.5 Å². The molecule has 4 nitrogen and oxygen atoms in total. The third-order valence-corrected chi connectivity index (χ3v) is 4.52. The molecule has 0 saturated heterocycles. The van der Waals surface area contributed by atoms with Gasteiger partial charge in [-0.05, 0) is 24.7 Å². The Morgan fingerprint density at radius 2 is 1.71 bits per heavy atom. The molecule has 1 atom stereocenters. The Hall–Kier alpha value is -1.43. The zero-order valence-electron chi connectivity index (χ0n) is 12.4. The van der Waals surface area contributed by atoms with Crippen molar-refractivity contribution in [2.75, 3.05) is 28.4 Å². The number of benzene rings is 1. The lowest BCUT2D eigenvalue weighted by Gasteiger charge is -2.19. The lowest BCUT2D eigenvalue weighted by molar-refractivity contribution is 0.354. The topological polar surface area (TPSA) is 39.7 Å². The van der Waals surface area contributed by atoms with Crippen molar-refractivity contribution < 1.29 is 14.2 Å². The summed E-state index contributed by atoms with van der Waals surface area (Å²) in [5.74, 6) is 2.11. The normalized spacial score (nSPS) is 12.0. The van der Waals surface area contributed by atoms with E-state index in [4.69, 9.17) is 25.8 Å². The van der Waals surface area contributed by atoms with E-state index in [1.54, 1.807) is 38.7 Å². The van der Waals surface area contributed by atoms with E-state index in [0.29, 0.717) is 16.5 Å². The highest BCUT2D eigenvalue weighted by Gasteiger charge is 2.20. The second kappa shape index (κ2) is 7.02. The van der Waals surface area contributed by atoms with Crippen LogP contribution < -0.4 is 19.5 Å². The molecular formula is C15H18ClNO3S. The zero-order valence-corrected chi connectivity index (χ0v) is 14.0. The Labute approximate surface area is 133 Å². The molecule has 0 fully saturated rings. The molecule has 0 saturated carbocycles. The molecule has 0 spiro atoms. The molecule has 2 rings (SSSR count). The van der Waals surface area contributed by atoms with Crippen LogP contribution in [0.25, 0.3) is 0 Å². The minimum atomic E-state index is -0.0359. The van der Waals surface area contributed by atoms with Crippen LogP contribution >= 0.6 is 22.9 Å². The van der Waals surface area contributed by atoms with Crippen molar-refractivity contribution in [3.8, 4) is 17.2 Å². The molecule has 0 radical (unpaired) electrons. The summed E-state index contributed by atoms with van der Waals surface area (Å²) < 4.78 is 15.9. The summed E-state index contributed by atoms with van der Waals surface area (Å²) in [7, 11) is 6.75. The maximum atomic E-state index is 6.40. The smallest absolute Gasteiger partial charge is 0.162 e. The Kier molecular flexibility index (Phi) is 5.33. The molecule has 6 heteroatoms. The molecule has 1 aromatic carbocycles. The van der Waals surface area contributed by atoms with E-state index in [-0.39, 0.29) is 6.04 Å². The maximum absolute atomic E-state index is 6.40. The van der Waals surface area contributed by atoms with Gasteiger partial charge in [-0.25, -0.2) is 0 Å². The van der Waals surface area contributed by atoms with Gasteiger partial charge in [0.15, 0.2) is 11.5 Å². The van der Waals surface area contributed by atoms with Crippen LogP contribution in [0, 0.1) is 0 Å². The van der Waals surface area contributed by atoms with Gasteiger partial charge in [-0.2, -0.15) is 0 Å². The van der Waals surface area contributed by atoms with Gasteiger partial charge in [0.25, 0.3) is 0 Å². The average molecular weight is 328 g/mol. The third-order valence-electron chi connectivity index (χ3n) is 3.22. The van der Waals surface area contributed by atoms with Crippen LogP contribution in [0.3, 0.4) is 0 Å². The van der Waals surface area contributed by atoms with Crippen molar-refractivity contribution in [1.29, 1.82) is 0 Å². The van der Waals surface area contributed by atoms with Crippen molar-refractivity contribution in [2.24, 2.45) is 0 Å². The molecule has 114 valence electrons. The lowest BCUT2D eigenvalue weighted by Crippen LogP contribution is -2.17. The highest BCUT2D eigenvalue weighted by molar-refractivity contribution is 7.10. The minimum Gasteiger partial charge on any atom is -0.496 e. The van der Waals surface area contributed by atoms with Gasteiger partial charge >= 0.3 is 0 Å². The number of methoxy groups -OCH3 is 3. The van der Waals surface area contributed by atoms with Gasteiger partial charge in [0, 0.05) is 21.3 Å². The van der Waals surface area contributed by atoms with Crippen molar-refractivity contribution in [3.05, 3.63) is 39.0 Å². The van der Waals surface area contributed by atoms with Gasteiger partial charge in [0.05, 0.1) is 27.4 Å². The molecule has 1 heterocycles. The highest BCUT2D eigenvalue weighted by Crippen LogP contribution is 2.39. The van der Waals surface area contributed by atoms with Crippen molar-refractivity contribution in [2.45, 2.75) is 6.04 Å². The van der Waals surface area contributed by atoms with Crippen LogP contribution in [0.2, 0.25) is 5.02 Å². The first-order chi connectivity index (χ1) is 10.1. The summed E-state index contributed by atoms with van der Waals surface area (Å²) in [6, 6.07) is 5.63. The predicted octanol–water partition coefficient (Wildman–Crippen LogP) is 3.74. The second-order valence-electron chi connectivity index (χ2n) is 4.34. The summed E-state index contributed by atoms with van der Waals surface area (Å²) >= 11 is 8.01. The summed E-state index contributed by atoms with van der Waals surface area (Å²) in [4.78, 5) is 1.11. The molecule has 1 N–H and O–H groups in total. The number of nitrogens with one attached hydrogen (secondary N) is 1. The van der Waals surface area contributed by atoms with Crippen LogP contribution in [-0.4, -0.2) is 28.4 Å². The maximum Gasteiger partial charge on any atom is 0.162 e. The molecule has 2 aromatic rings. The molecule has 0 aliphatic carbocycles. The van der Waals surface area contributed by atoms with E-state index < -0.39 is 0 Å². The van der Waals surface area contributed by atoms with Crippen LogP contribution in [0.15, 0.2) is 23.6 Å². The summed E-state index contributed by atoms with van der Waals surface area (Å²) in [6.07, 6.45) is 0. The lowest BCUT2D eigenvalue weighted by atomic mass is 10.0. The monoisotopic (exact) mass is 327 g/mol. The number of hydrogen-bond acceptors (Lipinski definition) is 5. The summed E-state index contributed by atoms with van der Waals surface area (Å²) in [5.41, 5.74) is 0.932. The van der Waals surface area contributed by atoms with Crippen LogP contribution in [0.4, 0.5) is 0 Å². The number of hydrogen-bond donors (Lipinski definition) is 1. The van der Waals surface area contributed by atoms with E-state index in [9.17, 15) is 0 Å². The standard InChI is InChI=1S/C15H18ClNO3S/c1-17-15(14-5-9(18-2)8-21-14)10-6-12(19-3)13(20-4)7-11(10)16/h5-8,15,17H,1-4H3. The largest absolute Gasteiger partial charge is 0.496 e. The molecule has 1 aromatic heterocycles. The highest BCUT2D eigenvalue weighted by atomic mass is 35.5. The third kappa shape index (κ3) is 3.26. The van der Waals surface area contributed by atoms with E-state index >= 15 is 0 Å². The van der Waals surface area contributed by atoms with Gasteiger partial charge in [-0.15, -0.1) is 11.3 Å².